The van der Waals surface area contributed by atoms with E-state index < -0.39 is 11.5 Å². The summed E-state index contributed by atoms with van der Waals surface area (Å²) in [6, 6.07) is 8.87. The van der Waals surface area contributed by atoms with Crippen LogP contribution in [-0.2, 0) is 25.7 Å². The Morgan fingerprint density at radius 2 is 1.90 bits per heavy atom. The Morgan fingerprint density at radius 3 is 2.55 bits per heavy atom. The van der Waals surface area contributed by atoms with Crippen molar-refractivity contribution in [3.8, 4) is 0 Å². The van der Waals surface area contributed by atoms with Crippen molar-refractivity contribution >= 4 is 17.8 Å². The third-order valence-corrected chi connectivity index (χ3v) is 6.35. The topological polar surface area (TPSA) is 88.9 Å². The number of carbonyl (C=O) groups excluding carboxylic acids is 3. The zero-order valence-electron chi connectivity index (χ0n) is 17.1. The molecule has 1 aromatic rings. The van der Waals surface area contributed by atoms with Crippen molar-refractivity contribution in [2.75, 3.05) is 26.2 Å². The highest BCUT2D eigenvalue weighted by molar-refractivity contribution is 5.92. The highest BCUT2D eigenvalue weighted by atomic mass is 16.5. The Morgan fingerprint density at radius 1 is 1.21 bits per heavy atom. The van der Waals surface area contributed by atoms with Crippen molar-refractivity contribution in [1.82, 2.24) is 15.1 Å². The lowest BCUT2D eigenvalue weighted by Gasteiger charge is -2.31. The summed E-state index contributed by atoms with van der Waals surface area (Å²) in [6.07, 6.45) is 1.35. The van der Waals surface area contributed by atoms with E-state index in [1.54, 1.807) is 4.90 Å². The molecule has 1 spiro atoms. The van der Waals surface area contributed by atoms with Crippen LogP contribution in [0.5, 0.6) is 0 Å². The van der Waals surface area contributed by atoms with Gasteiger partial charge in [-0.25, -0.2) is 4.79 Å². The van der Waals surface area contributed by atoms with Crippen molar-refractivity contribution in [1.29, 1.82) is 0 Å². The summed E-state index contributed by atoms with van der Waals surface area (Å²) < 4.78 is 5.56. The molecule has 29 heavy (non-hydrogen) atoms. The van der Waals surface area contributed by atoms with Crippen molar-refractivity contribution in [3.63, 3.8) is 0 Å². The maximum Gasteiger partial charge on any atom is 0.329 e. The van der Waals surface area contributed by atoms with Crippen LogP contribution in [0.1, 0.15) is 32.3 Å². The Kier molecular flexibility index (Phi) is 5.34. The van der Waals surface area contributed by atoms with Gasteiger partial charge in [-0.15, -0.1) is 0 Å². The molecule has 4 rings (SSSR count). The molecular weight excluding hydrogens is 370 g/mol. The van der Waals surface area contributed by atoms with Gasteiger partial charge >= 0.3 is 5.97 Å². The average molecular weight is 399 g/mol. The van der Waals surface area contributed by atoms with Crippen molar-refractivity contribution in [3.05, 3.63) is 35.9 Å². The molecule has 156 valence electrons. The number of likely N-dealkylation sites (tertiary alicyclic amines) is 2. The van der Waals surface area contributed by atoms with E-state index in [1.165, 1.54) is 0 Å². The van der Waals surface area contributed by atoms with Gasteiger partial charge in [-0.1, -0.05) is 44.2 Å². The lowest BCUT2D eigenvalue weighted by atomic mass is 9.85. The maximum absolute atomic E-state index is 13.4. The number of amides is 2. The molecule has 3 atom stereocenters. The number of nitrogens with zero attached hydrogens (tertiary/aromatic N) is 2. The van der Waals surface area contributed by atoms with Crippen LogP contribution in [0.4, 0.5) is 0 Å². The zero-order valence-corrected chi connectivity index (χ0v) is 17.1. The molecule has 1 aromatic carbocycles. The summed E-state index contributed by atoms with van der Waals surface area (Å²) in [6.45, 7) is 6.42. The molecule has 7 nitrogen and oxygen atoms in total. The lowest BCUT2D eigenvalue weighted by molar-refractivity contribution is -0.158. The largest absolute Gasteiger partial charge is 0.459 e. The number of esters is 1. The summed E-state index contributed by atoms with van der Waals surface area (Å²) in [5.41, 5.74) is 0.378. The number of carbonyl (C=O) groups is 3. The lowest BCUT2D eigenvalue weighted by Crippen LogP contribution is -2.49. The van der Waals surface area contributed by atoms with Gasteiger partial charge in [0, 0.05) is 26.2 Å². The Bertz CT molecular complexity index is 793. The maximum atomic E-state index is 13.4. The first kappa shape index (κ1) is 19.9. The van der Waals surface area contributed by atoms with E-state index in [9.17, 15) is 14.4 Å². The van der Waals surface area contributed by atoms with E-state index in [2.05, 4.69) is 5.32 Å². The van der Waals surface area contributed by atoms with E-state index in [0.29, 0.717) is 32.5 Å². The SMILES string of the molecule is CC(C)[C@@H](C(=O)OCc1ccccc1)N1CC[C@]2(CCN(C(=O)[C@H]3CN3)C2)C1=O. The monoisotopic (exact) mass is 399 g/mol. The van der Waals surface area contributed by atoms with Gasteiger partial charge in [0.05, 0.1) is 11.5 Å². The van der Waals surface area contributed by atoms with Crippen LogP contribution in [0.2, 0.25) is 0 Å². The van der Waals surface area contributed by atoms with Crippen LogP contribution >= 0.6 is 0 Å². The fourth-order valence-electron chi connectivity index (χ4n) is 4.58. The minimum atomic E-state index is -0.597. The van der Waals surface area contributed by atoms with Crippen LogP contribution in [0.25, 0.3) is 0 Å². The molecule has 3 saturated heterocycles. The summed E-state index contributed by atoms with van der Waals surface area (Å²) >= 11 is 0. The molecule has 3 fully saturated rings. The number of rotatable bonds is 6. The predicted octanol–water partition coefficient (Wildman–Crippen LogP) is 1.18. The van der Waals surface area contributed by atoms with E-state index in [1.807, 2.05) is 49.1 Å². The van der Waals surface area contributed by atoms with Gasteiger partial charge in [-0.3, -0.25) is 9.59 Å². The van der Waals surface area contributed by atoms with Gasteiger partial charge < -0.3 is 19.9 Å². The van der Waals surface area contributed by atoms with Crippen LogP contribution in [0, 0.1) is 11.3 Å². The van der Waals surface area contributed by atoms with Crippen molar-refractivity contribution in [2.24, 2.45) is 11.3 Å². The average Bonchev–Trinajstić information content (AvgIpc) is 3.41. The standard InChI is InChI=1S/C22H29N3O4/c1-15(2)18(20(27)29-13-16-6-4-3-5-7-16)25-11-9-22(21(25)28)8-10-24(14-22)19(26)17-12-23-17/h3-7,15,17-18,23H,8-14H2,1-2H3/t17-,18+,22+/m1/s1. The van der Waals surface area contributed by atoms with Crippen molar-refractivity contribution < 1.29 is 19.1 Å². The number of ether oxygens (including phenoxy) is 1. The van der Waals surface area contributed by atoms with Gasteiger partial charge in [0.25, 0.3) is 0 Å². The normalized spacial score (nSPS) is 27.0. The number of hydrogen-bond acceptors (Lipinski definition) is 5. The Hall–Kier alpha value is -2.41. The van der Waals surface area contributed by atoms with Crippen LogP contribution in [0.3, 0.4) is 0 Å². The van der Waals surface area contributed by atoms with Crippen LogP contribution < -0.4 is 5.32 Å². The molecule has 7 heteroatoms. The van der Waals surface area contributed by atoms with Gasteiger partial charge in [0.1, 0.15) is 12.6 Å². The minimum Gasteiger partial charge on any atom is -0.459 e. The van der Waals surface area contributed by atoms with Gasteiger partial charge in [-0.05, 0) is 24.3 Å². The molecule has 1 N–H and O–H groups in total. The highest BCUT2D eigenvalue weighted by Gasteiger charge is 2.55. The molecule has 3 aliphatic rings. The Labute approximate surface area is 171 Å². The molecule has 2 amide bonds. The number of hydrogen-bond donors (Lipinski definition) is 1. The van der Waals surface area contributed by atoms with Crippen molar-refractivity contribution in [2.45, 2.75) is 45.4 Å². The van der Waals surface area contributed by atoms with Gasteiger partial charge in [0.15, 0.2) is 0 Å². The van der Waals surface area contributed by atoms with E-state index >= 15 is 0 Å². The molecule has 0 unspecified atom stereocenters. The molecule has 3 aliphatic heterocycles. The van der Waals surface area contributed by atoms with E-state index in [4.69, 9.17) is 4.74 Å². The number of benzene rings is 1. The minimum absolute atomic E-state index is 0.00748. The summed E-state index contributed by atoms with van der Waals surface area (Å²) in [7, 11) is 0. The molecule has 3 heterocycles. The molecule has 0 radical (unpaired) electrons. The summed E-state index contributed by atoms with van der Waals surface area (Å²) in [5.74, 6) is -0.322. The fourth-order valence-corrected chi connectivity index (χ4v) is 4.58. The summed E-state index contributed by atoms with van der Waals surface area (Å²) in [4.78, 5) is 42.1. The van der Waals surface area contributed by atoms with Gasteiger partial charge in [-0.2, -0.15) is 0 Å². The summed E-state index contributed by atoms with van der Waals surface area (Å²) in [5, 5.41) is 3.04. The third-order valence-electron chi connectivity index (χ3n) is 6.35. The Balaban J connectivity index is 1.42. The second kappa shape index (κ2) is 7.78. The molecule has 0 saturated carbocycles. The van der Waals surface area contributed by atoms with Crippen LogP contribution in [-0.4, -0.2) is 65.8 Å². The van der Waals surface area contributed by atoms with Gasteiger partial charge in [0.2, 0.25) is 11.8 Å². The quantitative estimate of drug-likeness (QED) is 0.573. The molecule has 0 aliphatic carbocycles. The van der Waals surface area contributed by atoms with Crippen LogP contribution in [0.15, 0.2) is 30.3 Å². The first-order valence-corrected chi connectivity index (χ1v) is 10.5. The smallest absolute Gasteiger partial charge is 0.329 e. The first-order valence-electron chi connectivity index (χ1n) is 10.5. The highest BCUT2D eigenvalue weighted by Crippen LogP contribution is 2.42. The third kappa shape index (κ3) is 3.88. The first-order chi connectivity index (χ1) is 13.9. The fraction of sp³-hybridized carbons (Fsp3) is 0.591. The number of nitrogens with one attached hydrogen (secondary N) is 1. The molecule has 0 bridgehead atoms. The zero-order chi connectivity index (χ0) is 20.6. The second-order valence-corrected chi connectivity index (χ2v) is 8.78. The molecule has 0 aromatic heterocycles. The van der Waals surface area contributed by atoms with E-state index in [0.717, 1.165) is 12.1 Å². The second-order valence-electron chi connectivity index (χ2n) is 8.78. The predicted molar refractivity (Wildman–Crippen MR) is 107 cm³/mol. The van der Waals surface area contributed by atoms with E-state index in [-0.39, 0.29) is 36.4 Å². The molecular formula is C22H29N3O4.